The highest BCUT2D eigenvalue weighted by Crippen LogP contribution is 2.33. The summed E-state index contributed by atoms with van der Waals surface area (Å²) in [6.07, 6.45) is 6.18. The minimum atomic E-state index is -0.782. The Morgan fingerprint density at radius 1 is 1.16 bits per heavy atom. The van der Waals surface area contributed by atoms with Gasteiger partial charge in [0, 0.05) is 23.9 Å². The summed E-state index contributed by atoms with van der Waals surface area (Å²) in [5, 5.41) is 22.8. The molecular formula is C24H25FN6O. The van der Waals surface area contributed by atoms with Crippen LogP contribution in [0.3, 0.4) is 0 Å². The van der Waals surface area contributed by atoms with Gasteiger partial charge >= 0.3 is 6.08 Å². The van der Waals surface area contributed by atoms with Crippen molar-refractivity contribution in [3.8, 4) is 17.3 Å². The summed E-state index contributed by atoms with van der Waals surface area (Å²) in [5.74, 6) is 0.769. The highest BCUT2D eigenvalue weighted by Gasteiger charge is 2.29. The average molecular weight is 433 g/mol. The second kappa shape index (κ2) is 9.37. The van der Waals surface area contributed by atoms with Gasteiger partial charge in [-0.2, -0.15) is 9.65 Å². The number of nitrogens with one attached hydrogen (secondary N) is 1. The van der Waals surface area contributed by atoms with Crippen molar-refractivity contribution in [3.05, 3.63) is 65.6 Å². The molecule has 0 radical (unpaired) electrons. The van der Waals surface area contributed by atoms with Crippen LogP contribution in [0.15, 0.2) is 42.7 Å². The first-order chi connectivity index (χ1) is 15.4. The summed E-state index contributed by atoms with van der Waals surface area (Å²) in [4.78, 5) is 16.5. The maximum Gasteiger partial charge on any atom is 0.309 e. The zero-order valence-corrected chi connectivity index (χ0v) is 17.9. The van der Waals surface area contributed by atoms with E-state index < -0.39 is 11.7 Å². The molecule has 8 heteroatoms. The molecule has 1 aromatic carbocycles. The molecule has 1 fully saturated rings. The van der Waals surface area contributed by atoms with Crippen LogP contribution < -0.4 is 5.32 Å². The number of rotatable bonds is 6. The van der Waals surface area contributed by atoms with Crippen LogP contribution in [0.1, 0.15) is 49.4 Å². The Hall–Kier alpha value is -3.44. The van der Waals surface area contributed by atoms with Crippen LogP contribution in [0, 0.1) is 23.3 Å². The number of benzene rings is 1. The van der Waals surface area contributed by atoms with Gasteiger partial charge in [-0.1, -0.05) is 30.3 Å². The van der Waals surface area contributed by atoms with Crippen molar-refractivity contribution in [2.75, 3.05) is 5.32 Å². The van der Waals surface area contributed by atoms with E-state index in [9.17, 15) is 14.8 Å². The molecule has 0 amide bonds. The molecule has 7 nitrogen and oxygen atoms in total. The van der Waals surface area contributed by atoms with Gasteiger partial charge in [0.25, 0.3) is 0 Å². The van der Waals surface area contributed by atoms with E-state index in [2.05, 4.69) is 31.3 Å². The molecule has 164 valence electrons. The number of nitriles is 1. The fraction of sp³-hybridized carbons (Fsp3) is 0.375. The lowest BCUT2D eigenvalue weighted by Crippen LogP contribution is -2.31. The Morgan fingerprint density at radius 2 is 1.91 bits per heavy atom. The molecule has 0 unspecified atom stereocenters. The molecule has 0 aliphatic heterocycles. The normalized spacial score (nSPS) is 20.5. The van der Waals surface area contributed by atoms with E-state index in [1.54, 1.807) is 0 Å². The fourth-order valence-electron chi connectivity index (χ4n) is 4.06. The largest absolute Gasteiger partial charge is 0.390 e. The first-order valence-corrected chi connectivity index (χ1v) is 10.7. The predicted octanol–water partition coefficient (Wildman–Crippen LogP) is 4.04. The first-order valence-electron chi connectivity index (χ1n) is 10.7. The maximum absolute atomic E-state index is 13.7. The third-order valence-electron chi connectivity index (χ3n) is 5.97. The van der Waals surface area contributed by atoms with E-state index in [-0.39, 0.29) is 0 Å². The standard InChI is InChI=1S/C24H25FN6O/c1-24(32)9-7-16(8-10-24)11-20-18(12-26)13-28-23(30-20)29-15-19-14-27-22(25)31-21(19)17-5-3-2-4-6-17/h2-6,13-14,16,32H,7-11,15H2,1H3,(H,28,29,30). The number of aromatic nitrogens is 4. The van der Waals surface area contributed by atoms with Crippen LogP contribution in [0.2, 0.25) is 0 Å². The van der Waals surface area contributed by atoms with E-state index in [4.69, 9.17) is 0 Å². The molecule has 2 N–H and O–H groups in total. The highest BCUT2D eigenvalue weighted by atomic mass is 19.1. The number of hydrogen-bond donors (Lipinski definition) is 2. The van der Waals surface area contributed by atoms with Crippen LogP contribution in [0.5, 0.6) is 0 Å². The van der Waals surface area contributed by atoms with Gasteiger partial charge < -0.3 is 10.4 Å². The fourth-order valence-corrected chi connectivity index (χ4v) is 4.06. The second-order valence-electron chi connectivity index (χ2n) is 8.54. The maximum atomic E-state index is 13.7. The third-order valence-corrected chi connectivity index (χ3v) is 5.97. The monoisotopic (exact) mass is 432 g/mol. The van der Waals surface area contributed by atoms with Gasteiger partial charge in [-0.25, -0.2) is 19.9 Å². The quantitative estimate of drug-likeness (QED) is 0.566. The Bertz CT molecular complexity index is 1120. The van der Waals surface area contributed by atoms with Crippen molar-refractivity contribution in [1.29, 1.82) is 5.26 Å². The van der Waals surface area contributed by atoms with Gasteiger partial charge in [0.1, 0.15) is 6.07 Å². The number of nitrogens with zero attached hydrogens (tertiary/aromatic N) is 5. The SMILES string of the molecule is CC1(O)CCC(Cc2nc(NCc3cnc(F)nc3-c3ccccc3)ncc2C#N)CC1. The zero-order valence-electron chi connectivity index (χ0n) is 17.9. The van der Waals surface area contributed by atoms with Crippen LogP contribution in [-0.2, 0) is 13.0 Å². The Morgan fingerprint density at radius 3 is 2.62 bits per heavy atom. The molecule has 0 spiro atoms. The summed E-state index contributed by atoms with van der Waals surface area (Å²) in [5.41, 5.74) is 2.58. The Balaban J connectivity index is 1.50. The van der Waals surface area contributed by atoms with Crippen molar-refractivity contribution < 1.29 is 9.50 Å². The minimum absolute atomic E-state index is 0.308. The van der Waals surface area contributed by atoms with E-state index in [1.165, 1.54) is 12.4 Å². The van der Waals surface area contributed by atoms with Crippen molar-refractivity contribution in [2.45, 2.75) is 51.2 Å². The molecule has 0 bridgehead atoms. The summed E-state index contributed by atoms with van der Waals surface area (Å²) < 4.78 is 13.7. The molecule has 2 heterocycles. The van der Waals surface area contributed by atoms with Gasteiger partial charge in [0.15, 0.2) is 0 Å². The Labute approximate surface area is 186 Å². The van der Waals surface area contributed by atoms with Crippen LogP contribution >= 0.6 is 0 Å². The topological polar surface area (TPSA) is 108 Å². The van der Waals surface area contributed by atoms with Gasteiger partial charge in [0.05, 0.1) is 28.7 Å². The highest BCUT2D eigenvalue weighted by molar-refractivity contribution is 5.62. The Kier molecular flexibility index (Phi) is 6.37. The summed E-state index contributed by atoms with van der Waals surface area (Å²) in [7, 11) is 0. The smallest absolute Gasteiger partial charge is 0.309 e. The lowest BCUT2D eigenvalue weighted by atomic mass is 9.78. The minimum Gasteiger partial charge on any atom is -0.390 e. The average Bonchev–Trinajstić information content (AvgIpc) is 2.80. The number of aliphatic hydroxyl groups is 1. The molecule has 0 atom stereocenters. The van der Waals surface area contributed by atoms with E-state index in [0.29, 0.717) is 47.3 Å². The van der Waals surface area contributed by atoms with Crippen molar-refractivity contribution >= 4 is 5.95 Å². The van der Waals surface area contributed by atoms with Crippen LogP contribution in [0.25, 0.3) is 11.3 Å². The second-order valence-corrected chi connectivity index (χ2v) is 8.54. The molecule has 4 rings (SSSR count). The van der Waals surface area contributed by atoms with E-state index in [1.807, 2.05) is 37.3 Å². The molecule has 32 heavy (non-hydrogen) atoms. The molecule has 2 aromatic heterocycles. The summed E-state index contributed by atoms with van der Waals surface area (Å²) in [6, 6.07) is 11.5. The lowest BCUT2D eigenvalue weighted by Gasteiger charge is -2.33. The van der Waals surface area contributed by atoms with Crippen molar-refractivity contribution in [3.63, 3.8) is 0 Å². The van der Waals surface area contributed by atoms with Crippen molar-refractivity contribution in [2.24, 2.45) is 5.92 Å². The molecular weight excluding hydrogens is 407 g/mol. The van der Waals surface area contributed by atoms with E-state index in [0.717, 1.165) is 31.2 Å². The van der Waals surface area contributed by atoms with Crippen molar-refractivity contribution in [1.82, 2.24) is 19.9 Å². The summed E-state index contributed by atoms with van der Waals surface area (Å²) >= 11 is 0. The molecule has 1 aliphatic rings. The third kappa shape index (κ3) is 5.24. The van der Waals surface area contributed by atoms with E-state index >= 15 is 0 Å². The molecule has 1 aliphatic carbocycles. The van der Waals surface area contributed by atoms with Gasteiger partial charge in [-0.05, 0) is 44.9 Å². The predicted molar refractivity (Wildman–Crippen MR) is 118 cm³/mol. The number of anilines is 1. The van der Waals surface area contributed by atoms with Crippen LogP contribution in [0.4, 0.5) is 10.3 Å². The molecule has 1 saturated carbocycles. The lowest BCUT2D eigenvalue weighted by molar-refractivity contribution is 0.00800. The van der Waals surface area contributed by atoms with Gasteiger partial charge in [0.2, 0.25) is 5.95 Å². The first kappa shape index (κ1) is 21.8. The van der Waals surface area contributed by atoms with Crippen LogP contribution in [-0.4, -0.2) is 30.6 Å². The zero-order chi connectivity index (χ0) is 22.6. The molecule has 0 saturated heterocycles. The van der Waals surface area contributed by atoms with Gasteiger partial charge in [-0.3, -0.25) is 0 Å². The number of halogens is 1. The summed E-state index contributed by atoms with van der Waals surface area (Å²) in [6.45, 7) is 2.18. The number of hydrogen-bond acceptors (Lipinski definition) is 7. The molecule has 3 aromatic rings. The van der Waals surface area contributed by atoms with Gasteiger partial charge in [-0.15, -0.1) is 0 Å².